The van der Waals surface area contributed by atoms with E-state index in [1.807, 2.05) is 37.1 Å². The second-order valence-electron chi connectivity index (χ2n) is 3.60. The Labute approximate surface area is 102 Å². The van der Waals surface area contributed by atoms with Crippen molar-refractivity contribution in [2.24, 2.45) is 0 Å². The average molecular weight is 232 g/mol. The lowest BCUT2D eigenvalue weighted by Gasteiger charge is -2.08. The van der Waals surface area contributed by atoms with E-state index < -0.39 is 5.97 Å². The van der Waals surface area contributed by atoms with Gasteiger partial charge < -0.3 is 9.47 Å². The van der Waals surface area contributed by atoms with Crippen molar-refractivity contribution in [2.45, 2.75) is 19.8 Å². The molecule has 0 aliphatic carbocycles. The van der Waals surface area contributed by atoms with Crippen molar-refractivity contribution in [3.63, 3.8) is 0 Å². The number of hydrogen-bond acceptors (Lipinski definition) is 3. The summed E-state index contributed by atoms with van der Waals surface area (Å²) in [6, 6.07) is 7.86. The van der Waals surface area contributed by atoms with Crippen LogP contribution in [0.4, 0.5) is 0 Å². The Morgan fingerprint density at radius 3 is 2.71 bits per heavy atom. The number of ether oxygens (including phenoxy) is 2. The molecule has 3 heteroatoms. The minimum Gasteiger partial charge on any atom is -0.493 e. The van der Waals surface area contributed by atoms with Crippen LogP contribution in [0.5, 0.6) is 5.75 Å². The first-order valence-electron chi connectivity index (χ1n) is 5.56. The van der Waals surface area contributed by atoms with Crippen LogP contribution in [-0.4, -0.2) is 19.2 Å². The van der Waals surface area contributed by atoms with Crippen molar-refractivity contribution in [1.82, 2.24) is 0 Å². The average Bonchev–Trinajstić information content (AvgIpc) is 2.35. The first-order valence-corrected chi connectivity index (χ1v) is 5.56. The maximum Gasteiger partial charge on any atom is 0.384 e. The molecule has 0 aliphatic rings. The maximum atomic E-state index is 10.6. The van der Waals surface area contributed by atoms with Gasteiger partial charge in [-0.15, -0.1) is 6.42 Å². The van der Waals surface area contributed by atoms with Crippen molar-refractivity contribution >= 4 is 5.97 Å². The molecule has 3 nitrogen and oxygen atoms in total. The predicted molar refractivity (Wildman–Crippen MR) is 65.7 cm³/mol. The fraction of sp³-hybridized carbons (Fsp3) is 0.357. The van der Waals surface area contributed by atoms with Gasteiger partial charge in [0.25, 0.3) is 0 Å². The van der Waals surface area contributed by atoms with E-state index in [2.05, 4.69) is 0 Å². The molecule has 0 unspecified atom stereocenters. The van der Waals surface area contributed by atoms with Gasteiger partial charge in [0.2, 0.25) is 0 Å². The van der Waals surface area contributed by atoms with E-state index in [0.717, 1.165) is 24.2 Å². The highest BCUT2D eigenvalue weighted by Crippen LogP contribution is 2.16. The van der Waals surface area contributed by atoms with Gasteiger partial charge >= 0.3 is 5.97 Å². The Morgan fingerprint density at radius 2 is 2.00 bits per heavy atom. The molecule has 0 radical (unpaired) electrons. The topological polar surface area (TPSA) is 35.5 Å². The molecule has 0 fully saturated rings. The number of benzene rings is 1. The first-order chi connectivity index (χ1) is 8.24. The monoisotopic (exact) mass is 232 g/mol. The highest BCUT2D eigenvalue weighted by atomic mass is 16.5. The summed E-state index contributed by atoms with van der Waals surface area (Å²) in [7, 11) is 0. The van der Waals surface area contributed by atoms with E-state index in [9.17, 15) is 4.79 Å². The van der Waals surface area contributed by atoms with Gasteiger partial charge in [-0.25, -0.2) is 4.79 Å². The van der Waals surface area contributed by atoms with Crippen LogP contribution in [0, 0.1) is 19.3 Å². The third kappa shape index (κ3) is 5.07. The third-order valence-corrected chi connectivity index (χ3v) is 2.24. The van der Waals surface area contributed by atoms with Gasteiger partial charge in [0.15, 0.2) is 0 Å². The molecule has 1 rings (SSSR count). The lowest BCUT2D eigenvalue weighted by Crippen LogP contribution is -2.05. The first kappa shape index (κ1) is 13.1. The molecule has 1 aromatic rings. The Morgan fingerprint density at radius 1 is 1.29 bits per heavy atom. The number of aryl methyl sites for hydroxylation is 1. The van der Waals surface area contributed by atoms with Crippen molar-refractivity contribution in [1.29, 1.82) is 0 Å². The zero-order chi connectivity index (χ0) is 12.5. The zero-order valence-electron chi connectivity index (χ0n) is 9.94. The Balaban J connectivity index is 2.11. The van der Waals surface area contributed by atoms with Crippen LogP contribution in [0.3, 0.4) is 0 Å². The third-order valence-electron chi connectivity index (χ3n) is 2.24. The summed E-state index contributed by atoms with van der Waals surface area (Å²) in [5.74, 6) is 2.19. The summed E-state index contributed by atoms with van der Waals surface area (Å²) in [6.45, 7) is 2.96. The predicted octanol–water partition coefficient (Wildman–Crippen LogP) is 2.33. The normalized spacial score (nSPS) is 9.41. The summed E-state index contributed by atoms with van der Waals surface area (Å²) in [4.78, 5) is 10.6. The molecule has 0 amide bonds. The molecule has 0 heterocycles. The van der Waals surface area contributed by atoms with Gasteiger partial charge in [0.1, 0.15) is 5.75 Å². The summed E-state index contributed by atoms with van der Waals surface area (Å²) < 4.78 is 10.3. The van der Waals surface area contributed by atoms with Crippen LogP contribution in [0.1, 0.15) is 18.4 Å². The SMILES string of the molecule is C#CC(=O)OCCCCOc1ccccc1C. The number of rotatable bonds is 6. The summed E-state index contributed by atoms with van der Waals surface area (Å²) in [5, 5.41) is 0. The van der Waals surface area contributed by atoms with Crippen LogP contribution in [0.2, 0.25) is 0 Å². The Kier molecular flexibility index (Phi) is 5.67. The van der Waals surface area contributed by atoms with Crippen LogP contribution in [0.15, 0.2) is 24.3 Å². The smallest absolute Gasteiger partial charge is 0.384 e. The minimum absolute atomic E-state index is 0.347. The number of carbonyl (C=O) groups is 1. The van der Waals surface area contributed by atoms with Crippen molar-refractivity contribution in [2.75, 3.05) is 13.2 Å². The van der Waals surface area contributed by atoms with E-state index in [1.165, 1.54) is 0 Å². The van der Waals surface area contributed by atoms with Crippen molar-refractivity contribution < 1.29 is 14.3 Å². The molecule has 0 aromatic heterocycles. The van der Waals surface area contributed by atoms with E-state index >= 15 is 0 Å². The lowest BCUT2D eigenvalue weighted by molar-refractivity contribution is -0.136. The van der Waals surface area contributed by atoms with Gasteiger partial charge in [-0.3, -0.25) is 0 Å². The summed E-state index contributed by atoms with van der Waals surface area (Å²) in [5.41, 5.74) is 1.12. The zero-order valence-corrected chi connectivity index (χ0v) is 9.94. The summed E-state index contributed by atoms with van der Waals surface area (Å²) >= 11 is 0. The molecular formula is C14H16O3. The standard InChI is InChI=1S/C14H16O3/c1-3-14(15)17-11-7-6-10-16-13-9-5-4-8-12(13)2/h1,4-5,8-9H,6-7,10-11H2,2H3. The molecule has 0 saturated heterocycles. The number of unbranched alkanes of at least 4 members (excludes halogenated alkanes) is 1. The fourth-order valence-electron chi connectivity index (χ4n) is 1.31. The summed E-state index contributed by atoms with van der Waals surface area (Å²) in [6.07, 6.45) is 6.43. The molecular weight excluding hydrogens is 216 g/mol. The van der Waals surface area contributed by atoms with E-state index in [0.29, 0.717) is 13.2 Å². The number of para-hydroxylation sites is 1. The van der Waals surface area contributed by atoms with Gasteiger partial charge in [-0.2, -0.15) is 0 Å². The molecule has 0 N–H and O–H groups in total. The Hall–Kier alpha value is -1.95. The quantitative estimate of drug-likeness (QED) is 0.327. The Bertz CT molecular complexity index is 404. The van der Waals surface area contributed by atoms with Crippen LogP contribution < -0.4 is 4.74 Å². The molecule has 0 bridgehead atoms. The molecule has 0 saturated carbocycles. The van der Waals surface area contributed by atoms with E-state index in [1.54, 1.807) is 0 Å². The van der Waals surface area contributed by atoms with Gasteiger partial charge in [-0.1, -0.05) is 18.2 Å². The number of carbonyl (C=O) groups excluding carboxylic acids is 1. The fourth-order valence-corrected chi connectivity index (χ4v) is 1.31. The molecule has 1 aromatic carbocycles. The molecule has 0 spiro atoms. The molecule has 17 heavy (non-hydrogen) atoms. The van der Waals surface area contributed by atoms with Gasteiger partial charge in [-0.05, 0) is 31.4 Å². The van der Waals surface area contributed by atoms with Crippen molar-refractivity contribution in [3.05, 3.63) is 29.8 Å². The van der Waals surface area contributed by atoms with Crippen LogP contribution >= 0.6 is 0 Å². The molecule has 0 aliphatic heterocycles. The van der Waals surface area contributed by atoms with E-state index in [-0.39, 0.29) is 0 Å². The second-order valence-corrected chi connectivity index (χ2v) is 3.60. The molecule has 90 valence electrons. The second kappa shape index (κ2) is 7.34. The number of esters is 1. The van der Waals surface area contributed by atoms with E-state index in [4.69, 9.17) is 15.9 Å². The number of terminal acetylenes is 1. The van der Waals surface area contributed by atoms with Gasteiger partial charge in [0, 0.05) is 5.92 Å². The lowest BCUT2D eigenvalue weighted by atomic mass is 10.2. The maximum absolute atomic E-state index is 10.6. The van der Waals surface area contributed by atoms with Gasteiger partial charge in [0.05, 0.1) is 13.2 Å². The van der Waals surface area contributed by atoms with Crippen molar-refractivity contribution in [3.8, 4) is 18.1 Å². The largest absolute Gasteiger partial charge is 0.493 e. The molecule has 0 atom stereocenters. The van der Waals surface area contributed by atoms with Crippen LogP contribution in [0.25, 0.3) is 0 Å². The number of hydrogen-bond donors (Lipinski definition) is 0. The highest BCUT2D eigenvalue weighted by Gasteiger charge is 1.98. The highest BCUT2D eigenvalue weighted by molar-refractivity contribution is 5.87. The minimum atomic E-state index is -0.607. The van der Waals surface area contributed by atoms with Crippen LogP contribution in [-0.2, 0) is 9.53 Å².